The number of amides is 1. The highest BCUT2D eigenvalue weighted by Crippen LogP contribution is 2.13. The summed E-state index contributed by atoms with van der Waals surface area (Å²) in [6.07, 6.45) is 2.99. The molecule has 0 saturated carbocycles. The lowest BCUT2D eigenvalue weighted by atomic mass is 10.2. The van der Waals surface area contributed by atoms with E-state index in [9.17, 15) is 18.0 Å². The second-order valence-electron chi connectivity index (χ2n) is 5.61. The Kier molecular flexibility index (Phi) is 7.53. The van der Waals surface area contributed by atoms with E-state index in [0.717, 1.165) is 11.0 Å². The number of benzene rings is 2. The number of rotatable bonds is 9. The molecule has 2 aromatic carbocycles. The molecule has 2 rings (SSSR count). The number of hydrogen-bond donors (Lipinski definition) is 2. The van der Waals surface area contributed by atoms with Gasteiger partial charge in [0.1, 0.15) is 0 Å². The molecule has 146 valence electrons. The Morgan fingerprint density at radius 1 is 1.04 bits per heavy atom. The van der Waals surface area contributed by atoms with E-state index in [-0.39, 0.29) is 17.8 Å². The van der Waals surface area contributed by atoms with Crippen LogP contribution in [-0.4, -0.2) is 33.4 Å². The summed E-state index contributed by atoms with van der Waals surface area (Å²) in [7, 11) is -3.70. The van der Waals surface area contributed by atoms with Crippen molar-refractivity contribution in [2.45, 2.75) is 0 Å². The second kappa shape index (κ2) is 10.1. The van der Waals surface area contributed by atoms with Crippen LogP contribution in [0.1, 0.15) is 15.9 Å². The summed E-state index contributed by atoms with van der Waals surface area (Å²) in [5.74, 6) is -1.13. The van der Waals surface area contributed by atoms with Gasteiger partial charge < -0.3 is 10.1 Å². The Morgan fingerprint density at radius 2 is 1.71 bits per heavy atom. The Bertz CT molecular complexity index is 952. The zero-order valence-electron chi connectivity index (χ0n) is 15.0. The number of carbonyl (C=O) groups is 2. The Hall–Kier alpha value is -3.39. The molecule has 0 heterocycles. The zero-order chi connectivity index (χ0) is 20.4. The van der Waals surface area contributed by atoms with Crippen LogP contribution in [0.3, 0.4) is 0 Å². The van der Waals surface area contributed by atoms with Gasteiger partial charge >= 0.3 is 5.97 Å². The van der Waals surface area contributed by atoms with Crippen molar-refractivity contribution in [1.82, 2.24) is 5.32 Å². The van der Waals surface area contributed by atoms with Crippen LogP contribution in [0.25, 0.3) is 6.08 Å². The summed E-state index contributed by atoms with van der Waals surface area (Å²) in [4.78, 5) is 23.3. The molecule has 0 bridgehead atoms. The van der Waals surface area contributed by atoms with E-state index in [2.05, 4.69) is 16.6 Å². The van der Waals surface area contributed by atoms with Gasteiger partial charge in [-0.1, -0.05) is 36.4 Å². The molecule has 0 aliphatic carbocycles. The standard InChI is InChI=1S/C20H20N2O5S/c1-2-13-21-19(23)15-27-20(24)17-8-10-18(11-9-17)22-28(25,26)14-12-16-6-4-3-5-7-16/h2-12,14,22H,1,13,15H2,(H,21,23)/b14-12+. The summed E-state index contributed by atoms with van der Waals surface area (Å²) in [6, 6.07) is 14.7. The molecule has 0 spiro atoms. The van der Waals surface area contributed by atoms with E-state index >= 15 is 0 Å². The first kappa shape index (κ1) is 20.9. The molecule has 0 aromatic heterocycles. The van der Waals surface area contributed by atoms with Gasteiger partial charge in [-0.25, -0.2) is 13.2 Å². The van der Waals surface area contributed by atoms with Crippen molar-refractivity contribution in [3.05, 3.63) is 83.8 Å². The molecule has 7 nitrogen and oxygen atoms in total. The number of hydrogen-bond acceptors (Lipinski definition) is 5. The van der Waals surface area contributed by atoms with E-state index in [1.54, 1.807) is 24.3 Å². The first-order valence-electron chi connectivity index (χ1n) is 8.30. The van der Waals surface area contributed by atoms with Crippen molar-refractivity contribution in [3.63, 3.8) is 0 Å². The molecule has 0 fully saturated rings. The topological polar surface area (TPSA) is 102 Å². The molecule has 2 aromatic rings. The van der Waals surface area contributed by atoms with Crippen molar-refractivity contribution in [2.75, 3.05) is 17.9 Å². The number of carbonyl (C=O) groups excluding carboxylic acids is 2. The van der Waals surface area contributed by atoms with E-state index in [1.807, 2.05) is 6.07 Å². The summed E-state index contributed by atoms with van der Waals surface area (Å²) in [6.45, 7) is 3.33. The van der Waals surface area contributed by atoms with E-state index < -0.39 is 28.5 Å². The van der Waals surface area contributed by atoms with Gasteiger partial charge in [-0.2, -0.15) is 0 Å². The molecule has 2 N–H and O–H groups in total. The zero-order valence-corrected chi connectivity index (χ0v) is 15.8. The lowest BCUT2D eigenvalue weighted by molar-refractivity contribution is -0.124. The minimum absolute atomic E-state index is 0.194. The van der Waals surface area contributed by atoms with Crippen LogP contribution in [0.15, 0.2) is 72.7 Å². The van der Waals surface area contributed by atoms with Gasteiger partial charge in [-0.3, -0.25) is 9.52 Å². The maximum atomic E-state index is 12.1. The van der Waals surface area contributed by atoms with Gasteiger partial charge in [0.25, 0.3) is 15.9 Å². The number of nitrogens with one attached hydrogen (secondary N) is 2. The van der Waals surface area contributed by atoms with Gasteiger partial charge in [0, 0.05) is 12.2 Å². The quantitative estimate of drug-likeness (QED) is 0.498. The van der Waals surface area contributed by atoms with E-state index in [1.165, 1.54) is 36.4 Å². The molecule has 0 unspecified atom stereocenters. The maximum absolute atomic E-state index is 12.1. The van der Waals surface area contributed by atoms with Crippen LogP contribution in [0.4, 0.5) is 5.69 Å². The molecule has 0 saturated heterocycles. The average Bonchev–Trinajstić information content (AvgIpc) is 2.70. The Morgan fingerprint density at radius 3 is 2.36 bits per heavy atom. The number of esters is 1. The summed E-state index contributed by atoms with van der Waals surface area (Å²) >= 11 is 0. The van der Waals surface area contributed by atoms with Gasteiger partial charge in [-0.05, 0) is 35.9 Å². The van der Waals surface area contributed by atoms with E-state index in [4.69, 9.17) is 4.74 Å². The molecule has 0 radical (unpaired) electrons. The minimum Gasteiger partial charge on any atom is -0.452 e. The van der Waals surface area contributed by atoms with Crippen LogP contribution >= 0.6 is 0 Å². The predicted octanol–water partition coefficient (Wildman–Crippen LogP) is 2.56. The highest BCUT2D eigenvalue weighted by molar-refractivity contribution is 7.95. The highest BCUT2D eigenvalue weighted by atomic mass is 32.2. The van der Waals surface area contributed by atoms with Crippen molar-refractivity contribution >= 4 is 33.7 Å². The molecule has 0 atom stereocenters. The lowest BCUT2D eigenvalue weighted by Crippen LogP contribution is -2.28. The van der Waals surface area contributed by atoms with Crippen molar-refractivity contribution in [1.29, 1.82) is 0 Å². The van der Waals surface area contributed by atoms with Gasteiger partial charge in [-0.15, -0.1) is 6.58 Å². The Balaban J connectivity index is 1.92. The number of sulfonamides is 1. The molecule has 0 aliphatic rings. The fraction of sp³-hybridized carbons (Fsp3) is 0.100. The van der Waals surface area contributed by atoms with E-state index in [0.29, 0.717) is 0 Å². The van der Waals surface area contributed by atoms with Crippen molar-refractivity contribution < 1.29 is 22.7 Å². The third-order valence-electron chi connectivity index (χ3n) is 3.40. The van der Waals surface area contributed by atoms with Crippen molar-refractivity contribution in [3.8, 4) is 0 Å². The molecule has 1 amide bonds. The fourth-order valence-electron chi connectivity index (χ4n) is 2.06. The monoisotopic (exact) mass is 400 g/mol. The second-order valence-corrected chi connectivity index (χ2v) is 7.17. The van der Waals surface area contributed by atoms with Gasteiger partial charge in [0.15, 0.2) is 6.61 Å². The summed E-state index contributed by atoms with van der Waals surface area (Å²) in [5.41, 5.74) is 1.24. The smallest absolute Gasteiger partial charge is 0.338 e. The molecular formula is C20H20N2O5S. The van der Waals surface area contributed by atoms with Crippen LogP contribution < -0.4 is 10.0 Å². The summed E-state index contributed by atoms with van der Waals surface area (Å²) < 4.78 is 31.5. The highest BCUT2D eigenvalue weighted by Gasteiger charge is 2.11. The largest absolute Gasteiger partial charge is 0.452 e. The Labute approximate surface area is 163 Å². The first-order chi connectivity index (χ1) is 13.4. The molecule has 28 heavy (non-hydrogen) atoms. The molecular weight excluding hydrogens is 380 g/mol. The van der Waals surface area contributed by atoms with Gasteiger partial charge in [0.2, 0.25) is 0 Å². The number of ether oxygens (including phenoxy) is 1. The normalized spacial score (nSPS) is 11.0. The number of anilines is 1. The molecule has 8 heteroatoms. The van der Waals surface area contributed by atoms with Crippen LogP contribution in [0.5, 0.6) is 0 Å². The predicted molar refractivity (Wildman–Crippen MR) is 108 cm³/mol. The van der Waals surface area contributed by atoms with Crippen molar-refractivity contribution in [2.24, 2.45) is 0 Å². The lowest BCUT2D eigenvalue weighted by Gasteiger charge is -2.07. The van der Waals surface area contributed by atoms with Gasteiger partial charge in [0.05, 0.1) is 11.0 Å². The first-order valence-corrected chi connectivity index (χ1v) is 9.85. The third-order valence-corrected chi connectivity index (χ3v) is 4.41. The maximum Gasteiger partial charge on any atom is 0.338 e. The minimum atomic E-state index is -3.70. The fourth-order valence-corrected chi connectivity index (χ4v) is 2.93. The average molecular weight is 400 g/mol. The third kappa shape index (κ3) is 7.08. The SMILES string of the molecule is C=CCNC(=O)COC(=O)c1ccc(NS(=O)(=O)/C=C/c2ccccc2)cc1. The molecule has 0 aliphatic heterocycles. The van der Waals surface area contributed by atoms with Crippen LogP contribution in [0, 0.1) is 0 Å². The summed E-state index contributed by atoms with van der Waals surface area (Å²) in [5, 5.41) is 3.54. The van der Waals surface area contributed by atoms with Crippen LogP contribution in [0.2, 0.25) is 0 Å². The van der Waals surface area contributed by atoms with Crippen LogP contribution in [-0.2, 0) is 19.6 Å².